The number of ether oxygens (including phenoxy) is 1. The zero-order valence-corrected chi connectivity index (χ0v) is 12.2. The first-order valence-electron chi connectivity index (χ1n) is 6.00. The molecule has 1 amide bonds. The van der Waals surface area contributed by atoms with Gasteiger partial charge >= 0.3 is 6.18 Å². The maximum absolute atomic E-state index is 12.8. The van der Waals surface area contributed by atoms with Gasteiger partial charge in [0.2, 0.25) is 0 Å². The smallest absolute Gasteiger partial charge is 0.376 e. The molecule has 20 heavy (non-hydrogen) atoms. The van der Waals surface area contributed by atoms with Crippen molar-refractivity contribution in [3.8, 4) is 0 Å². The maximum atomic E-state index is 12.8. The van der Waals surface area contributed by atoms with Crippen molar-refractivity contribution in [3.05, 3.63) is 15.9 Å². The van der Waals surface area contributed by atoms with Crippen molar-refractivity contribution in [2.24, 2.45) is 7.05 Å². The first-order valence-corrected chi connectivity index (χ1v) is 6.79. The number of aryl methyl sites for hydroxylation is 1. The maximum Gasteiger partial charge on any atom is 0.434 e. The molecule has 0 spiro atoms. The van der Waals surface area contributed by atoms with E-state index in [1.807, 2.05) is 0 Å². The number of amides is 1. The van der Waals surface area contributed by atoms with Gasteiger partial charge in [-0.25, -0.2) is 0 Å². The molecule has 1 N–H and O–H groups in total. The molecule has 5 nitrogen and oxygen atoms in total. The van der Waals surface area contributed by atoms with Crippen LogP contribution in [0.5, 0.6) is 0 Å². The molecule has 1 unspecified atom stereocenters. The molecule has 9 heteroatoms. The minimum Gasteiger partial charge on any atom is -0.376 e. The summed E-state index contributed by atoms with van der Waals surface area (Å²) < 4.78 is 43.9. The molecular formula is C11H13BrF3N3O2. The van der Waals surface area contributed by atoms with Crippen LogP contribution < -0.4 is 5.32 Å². The van der Waals surface area contributed by atoms with Gasteiger partial charge in [0.1, 0.15) is 0 Å². The average Bonchev–Trinajstić information content (AvgIpc) is 2.93. The summed E-state index contributed by atoms with van der Waals surface area (Å²) in [5, 5.41) is 6.16. The molecular weight excluding hydrogens is 343 g/mol. The van der Waals surface area contributed by atoms with Gasteiger partial charge in [0.15, 0.2) is 11.4 Å². The third kappa shape index (κ3) is 3.14. The first kappa shape index (κ1) is 15.3. The van der Waals surface area contributed by atoms with Crippen LogP contribution in [0.15, 0.2) is 4.47 Å². The van der Waals surface area contributed by atoms with E-state index in [-0.39, 0.29) is 22.8 Å². The summed E-state index contributed by atoms with van der Waals surface area (Å²) in [5.74, 6) is -0.654. The van der Waals surface area contributed by atoms with Crippen LogP contribution in [-0.2, 0) is 18.0 Å². The normalized spacial score (nSPS) is 19.4. The average molecular weight is 356 g/mol. The lowest BCUT2D eigenvalue weighted by Crippen LogP contribution is -2.32. The highest BCUT2D eigenvalue weighted by atomic mass is 79.9. The van der Waals surface area contributed by atoms with Gasteiger partial charge in [-0.1, -0.05) is 0 Å². The van der Waals surface area contributed by atoms with Gasteiger partial charge in [-0.3, -0.25) is 9.48 Å². The van der Waals surface area contributed by atoms with Crippen LogP contribution in [-0.4, -0.2) is 34.9 Å². The fraction of sp³-hybridized carbons (Fsp3) is 0.636. The molecule has 1 saturated heterocycles. The molecule has 1 atom stereocenters. The standard InChI is InChI=1S/C11H13BrF3N3O2/c1-18-9(11(13,14)15)7(12)8(17-18)10(19)16-5-6-3-2-4-20-6/h6H,2-5H2,1H3,(H,16,19). The number of hydrogen-bond acceptors (Lipinski definition) is 3. The van der Waals surface area contributed by atoms with Gasteiger partial charge in [0.05, 0.1) is 10.6 Å². The molecule has 1 aromatic rings. The summed E-state index contributed by atoms with van der Waals surface area (Å²) in [6, 6.07) is 0. The fourth-order valence-electron chi connectivity index (χ4n) is 2.05. The number of nitrogens with one attached hydrogen (secondary N) is 1. The van der Waals surface area contributed by atoms with Crippen LogP contribution in [0.2, 0.25) is 0 Å². The van der Waals surface area contributed by atoms with Crippen molar-refractivity contribution in [1.29, 1.82) is 0 Å². The molecule has 1 aromatic heterocycles. The number of carbonyl (C=O) groups excluding carboxylic acids is 1. The quantitative estimate of drug-likeness (QED) is 0.903. The second kappa shape index (κ2) is 5.72. The minimum atomic E-state index is -4.58. The Hall–Kier alpha value is -1.09. The number of alkyl halides is 3. The first-order chi connectivity index (χ1) is 9.30. The lowest BCUT2D eigenvalue weighted by atomic mass is 10.2. The number of carbonyl (C=O) groups is 1. The van der Waals surface area contributed by atoms with Crippen LogP contribution in [0.25, 0.3) is 0 Å². The largest absolute Gasteiger partial charge is 0.434 e. The summed E-state index contributed by atoms with van der Waals surface area (Å²) in [4.78, 5) is 11.9. The Kier molecular flexibility index (Phi) is 4.38. The van der Waals surface area contributed by atoms with Crippen molar-refractivity contribution >= 4 is 21.8 Å². The molecule has 0 aliphatic carbocycles. The molecule has 0 bridgehead atoms. The minimum absolute atomic E-state index is 0.0801. The van der Waals surface area contributed by atoms with E-state index in [4.69, 9.17) is 4.74 Å². The van der Waals surface area contributed by atoms with Crippen molar-refractivity contribution in [2.75, 3.05) is 13.2 Å². The van der Waals surface area contributed by atoms with E-state index < -0.39 is 17.8 Å². The van der Waals surface area contributed by atoms with E-state index in [0.717, 1.165) is 19.9 Å². The SMILES string of the molecule is Cn1nc(C(=O)NCC2CCCO2)c(Br)c1C(F)(F)F. The van der Waals surface area contributed by atoms with Crippen molar-refractivity contribution in [1.82, 2.24) is 15.1 Å². The van der Waals surface area contributed by atoms with Crippen molar-refractivity contribution < 1.29 is 22.7 Å². The monoisotopic (exact) mass is 355 g/mol. The van der Waals surface area contributed by atoms with Gasteiger partial charge in [0.25, 0.3) is 5.91 Å². The second-order valence-corrected chi connectivity index (χ2v) is 5.27. The Balaban J connectivity index is 2.10. The Morgan fingerprint density at radius 2 is 2.30 bits per heavy atom. The predicted molar refractivity (Wildman–Crippen MR) is 67.2 cm³/mol. The number of rotatable bonds is 3. The van der Waals surface area contributed by atoms with E-state index in [2.05, 4.69) is 26.3 Å². The van der Waals surface area contributed by atoms with Crippen LogP contribution in [0.4, 0.5) is 13.2 Å². The van der Waals surface area contributed by atoms with Crippen molar-refractivity contribution in [3.63, 3.8) is 0 Å². The summed E-state index contributed by atoms with van der Waals surface area (Å²) in [5.41, 5.74) is -1.27. The van der Waals surface area contributed by atoms with E-state index in [0.29, 0.717) is 11.3 Å². The lowest BCUT2D eigenvalue weighted by Gasteiger charge is -2.09. The third-order valence-corrected chi connectivity index (χ3v) is 3.74. The van der Waals surface area contributed by atoms with Crippen molar-refractivity contribution in [2.45, 2.75) is 25.1 Å². The van der Waals surface area contributed by atoms with E-state index >= 15 is 0 Å². The summed E-state index contributed by atoms with van der Waals surface area (Å²) in [7, 11) is 1.14. The summed E-state index contributed by atoms with van der Waals surface area (Å²) in [6.45, 7) is 0.912. The zero-order chi connectivity index (χ0) is 14.9. The molecule has 1 aliphatic rings. The van der Waals surface area contributed by atoms with Gasteiger partial charge in [-0.05, 0) is 28.8 Å². The molecule has 2 rings (SSSR count). The highest BCUT2D eigenvalue weighted by Crippen LogP contribution is 2.36. The van der Waals surface area contributed by atoms with Gasteiger partial charge < -0.3 is 10.1 Å². The Morgan fingerprint density at radius 1 is 1.60 bits per heavy atom. The Labute approximate surface area is 121 Å². The van der Waals surface area contributed by atoms with Crippen LogP contribution in [0, 0.1) is 0 Å². The molecule has 1 aliphatic heterocycles. The molecule has 0 aromatic carbocycles. The van der Waals surface area contributed by atoms with Gasteiger partial charge in [0, 0.05) is 20.2 Å². The topological polar surface area (TPSA) is 56.2 Å². The number of nitrogens with zero attached hydrogens (tertiary/aromatic N) is 2. The summed E-state index contributed by atoms with van der Waals surface area (Å²) in [6.07, 6.45) is -2.90. The van der Waals surface area contributed by atoms with E-state index in [9.17, 15) is 18.0 Å². The lowest BCUT2D eigenvalue weighted by molar-refractivity contribution is -0.144. The highest BCUT2D eigenvalue weighted by molar-refractivity contribution is 9.10. The predicted octanol–water partition coefficient (Wildman–Crippen LogP) is 2.11. The van der Waals surface area contributed by atoms with Crippen LogP contribution >= 0.6 is 15.9 Å². The Bertz CT molecular complexity index is 510. The molecule has 0 radical (unpaired) electrons. The summed E-state index contributed by atoms with van der Waals surface area (Å²) >= 11 is 2.80. The van der Waals surface area contributed by atoms with E-state index in [1.54, 1.807) is 0 Å². The zero-order valence-electron chi connectivity index (χ0n) is 10.6. The molecule has 112 valence electrons. The van der Waals surface area contributed by atoms with Crippen LogP contribution in [0.3, 0.4) is 0 Å². The fourth-order valence-corrected chi connectivity index (χ4v) is 2.79. The number of aromatic nitrogens is 2. The highest BCUT2D eigenvalue weighted by Gasteiger charge is 2.39. The third-order valence-electron chi connectivity index (χ3n) is 2.99. The van der Waals surface area contributed by atoms with Crippen LogP contribution in [0.1, 0.15) is 29.0 Å². The van der Waals surface area contributed by atoms with Gasteiger partial charge in [-0.15, -0.1) is 0 Å². The van der Waals surface area contributed by atoms with Gasteiger partial charge in [-0.2, -0.15) is 18.3 Å². The molecule has 1 fully saturated rings. The number of halogens is 4. The second-order valence-electron chi connectivity index (χ2n) is 4.48. The number of hydrogen-bond donors (Lipinski definition) is 1. The molecule has 2 heterocycles. The van der Waals surface area contributed by atoms with E-state index in [1.165, 1.54) is 0 Å². The molecule has 0 saturated carbocycles. The Morgan fingerprint density at radius 3 is 2.80 bits per heavy atom.